The normalized spacial score (nSPS) is 11.7. The second-order valence-corrected chi connectivity index (χ2v) is 6.17. The number of halogens is 2. The number of benzene rings is 2. The van der Waals surface area contributed by atoms with E-state index in [1.54, 1.807) is 12.1 Å². The molecule has 0 spiro atoms. The second-order valence-electron chi connectivity index (χ2n) is 6.17. The lowest BCUT2D eigenvalue weighted by Gasteiger charge is -2.18. The second kappa shape index (κ2) is 6.69. The third kappa shape index (κ3) is 4.22. The third-order valence-corrected chi connectivity index (χ3v) is 3.36. The van der Waals surface area contributed by atoms with Crippen molar-refractivity contribution in [3.05, 3.63) is 70.8 Å². The average Bonchev–Trinajstić information content (AvgIpc) is 2.50. The Balaban J connectivity index is 2.05. The van der Waals surface area contributed by atoms with Crippen molar-refractivity contribution < 1.29 is 13.6 Å². The van der Waals surface area contributed by atoms with Crippen molar-refractivity contribution in [2.45, 2.75) is 26.2 Å². The van der Waals surface area contributed by atoms with Crippen LogP contribution >= 0.6 is 0 Å². The highest BCUT2D eigenvalue weighted by Crippen LogP contribution is 2.22. The van der Waals surface area contributed by atoms with E-state index in [1.807, 2.05) is 12.1 Å². The van der Waals surface area contributed by atoms with E-state index in [0.717, 1.165) is 17.8 Å². The predicted molar refractivity (Wildman–Crippen MR) is 86.6 cm³/mol. The van der Waals surface area contributed by atoms with Crippen LogP contribution in [-0.2, 0) is 5.41 Å². The summed E-state index contributed by atoms with van der Waals surface area (Å²) in [6.45, 7) is 6.25. The SMILES string of the molecule is CC(C)(C)c1ccc(C(=O)N/N=C\c2cccc(F)c2F)cc1. The minimum atomic E-state index is -1.000. The van der Waals surface area contributed by atoms with Gasteiger partial charge in [0.1, 0.15) is 0 Å². The van der Waals surface area contributed by atoms with Crippen LogP contribution in [0.2, 0.25) is 0 Å². The molecule has 0 bridgehead atoms. The highest BCUT2D eigenvalue weighted by atomic mass is 19.2. The number of rotatable bonds is 3. The molecule has 0 aliphatic heterocycles. The van der Waals surface area contributed by atoms with Gasteiger partial charge in [-0.1, -0.05) is 45.0 Å². The summed E-state index contributed by atoms with van der Waals surface area (Å²) >= 11 is 0. The monoisotopic (exact) mass is 316 g/mol. The van der Waals surface area contributed by atoms with E-state index in [9.17, 15) is 13.6 Å². The lowest BCUT2D eigenvalue weighted by atomic mass is 9.87. The summed E-state index contributed by atoms with van der Waals surface area (Å²) < 4.78 is 26.5. The Hall–Kier alpha value is -2.56. The fourth-order valence-corrected chi connectivity index (χ4v) is 1.97. The molecule has 23 heavy (non-hydrogen) atoms. The summed E-state index contributed by atoms with van der Waals surface area (Å²) in [7, 11) is 0. The summed E-state index contributed by atoms with van der Waals surface area (Å²) in [4.78, 5) is 12.0. The van der Waals surface area contributed by atoms with E-state index >= 15 is 0 Å². The molecule has 0 unspecified atom stereocenters. The predicted octanol–water partition coefficient (Wildman–Crippen LogP) is 4.03. The van der Waals surface area contributed by atoms with Crippen LogP contribution in [0.1, 0.15) is 42.3 Å². The van der Waals surface area contributed by atoms with Crippen molar-refractivity contribution in [1.29, 1.82) is 0 Å². The van der Waals surface area contributed by atoms with Crippen molar-refractivity contribution in [2.24, 2.45) is 5.10 Å². The summed E-state index contributed by atoms with van der Waals surface area (Å²) in [6.07, 6.45) is 1.07. The number of carbonyl (C=O) groups excluding carboxylic acids is 1. The zero-order chi connectivity index (χ0) is 17.0. The van der Waals surface area contributed by atoms with Crippen molar-refractivity contribution in [2.75, 3.05) is 0 Å². The molecule has 2 aromatic carbocycles. The molecule has 0 saturated carbocycles. The number of nitrogens with one attached hydrogen (secondary N) is 1. The van der Waals surface area contributed by atoms with Crippen LogP contribution < -0.4 is 5.43 Å². The molecule has 0 aliphatic rings. The topological polar surface area (TPSA) is 41.5 Å². The van der Waals surface area contributed by atoms with Crippen LogP contribution in [0.5, 0.6) is 0 Å². The van der Waals surface area contributed by atoms with Gasteiger partial charge in [0.2, 0.25) is 0 Å². The smallest absolute Gasteiger partial charge is 0.267 e. The zero-order valence-corrected chi connectivity index (χ0v) is 13.2. The maximum atomic E-state index is 13.4. The quantitative estimate of drug-likeness (QED) is 0.674. The van der Waals surface area contributed by atoms with Gasteiger partial charge in [0.15, 0.2) is 11.6 Å². The minimum absolute atomic E-state index is 0.00205. The van der Waals surface area contributed by atoms with Gasteiger partial charge in [-0.15, -0.1) is 0 Å². The van der Waals surface area contributed by atoms with Gasteiger partial charge in [0.05, 0.1) is 6.21 Å². The molecule has 1 N–H and O–H groups in total. The first kappa shape index (κ1) is 16.8. The van der Waals surface area contributed by atoms with Gasteiger partial charge in [-0.05, 0) is 29.2 Å². The fraction of sp³-hybridized carbons (Fsp3) is 0.222. The largest absolute Gasteiger partial charge is 0.271 e. The molecule has 5 heteroatoms. The van der Waals surface area contributed by atoms with Crippen LogP contribution in [-0.4, -0.2) is 12.1 Å². The summed E-state index contributed by atoms with van der Waals surface area (Å²) in [6, 6.07) is 10.9. The summed E-state index contributed by atoms with van der Waals surface area (Å²) in [5.74, 6) is -2.38. The number of carbonyl (C=O) groups is 1. The lowest BCUT2D eigenvalue weighted by Crippen LogP contribution is -2.18. The van der Waals surface area contributed by atoms with E-state index in [1.165, 1.54) is 12.1 Å². The number of amides is 1. The van der Waals surface area contributed by atoms with Crippen LogP contribution in [0.4, 0.5) is 8.78 Å². The number of hydrogen-bond donors (Lipinski definition) is 1. The average molecular weight is 316 g/mol. The minimum Gasteiger partial charge on any atom is -0.267 e. The Kier molecular flexibility index (Phi) is 4.89. The van der Waals surface area contributed by atoms with Crippen molar-refractivity contribution in [3.8, 4) is 0 Å². The molecular formula is C18H18F2N2O. The Morgan fingerprint density at radius 1 is 1.09 bits per heavy atom. The third-order valence-electron chi connectivity index (χ3n) is 3.36. The Labute approximate surface area is 134 Å². The van der Waals surface area contributed by atoms with Crippen LogP contribution in [0.15, 0.2) is 47.6 Å². The molecule has 0 saturated heterocycles. The van der Waals surface area contributed by atoms with E-state index in [-0.39, 0.29) is 11.0 Å². The Bertz CT molecular complexity index is 732. The van der Waals surface area contributed by atoms with E-state index < -0.39 is 17.5 Å². The number of hydrazone groups is 1. The molecule has 2 rings (SSSR count). The fourth-order valence-electron chi connectivity index (χ4n) is 1.97. The van der Waals surface area contributed by atoms with Gasteiger partial charge < -0.3 is 0 Å². The maximum absolute atomic E-state index is 13.4. The van der Waals surface area contributed by atoms with Gasteiger partial charge in [-0.3, -0.25) is 4.79 Å². The molecular weight excluding hydrogens is 298 g/mol. The van der Waals surface area contributed by atoms with Crippen LogP contribution in [0, 0.1) is 11.6 Å². The standard InChI is InChI=1S/C18H18F2N2O/c1-18(2,3)14-9-7-12(8-10-14)17(23)22-21-11-13-5-4-6-15(19)16(13)20/h4-11H,1-3H3,(H,22,23)/b21-11-. The Morgan fingerprint density at radius 3 is 2.35 bits per heavy atom. The molecule has 3 nitrogen and oxygen atoms in total. The molecule has 0 aromatic heterocycles. The molecule has 0 fully saturated rings. The first-order valence-corrected chi connectivity index (χ1v) is 7.17. The van der Waals surface area contributed by atoms with Gasteiger partial charge >= 0.3 is 0 Å². The van der Waals surface area contributed by atoms with Crippen LogP contribution in [0.25, 0.3) is 0 Å². The Morgan fingerprint density at radius 2 is 1.74 bits per heavy atom. The molecule has 1 amide bonds. The van der Waals surface area contributed by atoms with Crippen molar-refractivity contribution >= 4 is 12.1 Å². The molecule has 2 aromatic rings. The number of hydrogen-bond acceptors (Lipinski definition) is 2. The lowest BCUT2D eigenvalue weighted by molar-refractivity contribution is 0.0955. The number of nitrogens with zero attached hydrogens (tertiary/aromatic N) is 1. The highest BCUT2D eigenvalue weighted by molar-refractivity contribution is 5.94. The zero-order valence-electron chi connectivity index (χ0n) is 13.2. The summed E-state index contributed by atoms with van der Waals surface area (Å²) in [5.41, 5.74) is 3.81. The molecule has 0 radical (unpaired) electrons. The molecule has 0 atom stereocenters. The molecule has 0 aliphatic carbocycles. The molecule has 0 heterocycles. The van der Waals surface area contributed by atoms with E-state index in [4.69, 9.17) is 0 Å². The van der Waals surface area contributed by atoms with Crippen molar-refractivity contribution in [1.82, 2.24) is 5.43 Å². The van der Waals surface area contributed by atoms with Gasteiger partial charge in [-0.25, -0.2) is 14.2 Å². The molecule has 120 valence electrons. The van der Waals surface area contributed by atoms with Crippen LogP contribution in [0.3, 0.4) is 0 Å². The van der Waals surface area contributed by atoms with E-state index in [0.29, 0.717) is 5.56 Å². The van der Waals surface area contributed by atoms with Gasteiger partial charge in [0.25, 0.3) is 5.91 Å². The first-order valence-electron chi connectivity index (χ1n) is 7.17. The first-order chi connectivity index (χ1) is 10.8. The summed E-state index contributed by atoms with van der Waals surface area (Å²) in [5, 5.41) is 3.66. The van der Waals surface area contributed by atoms with Gasteiger partial charge in [0, 0.05) is 11.1 Å². The van der Waals surface area contributed by atoms with Crippen molar-refractivity contribution in [3.63, 3.8) is 0 Å². The van der Waals surface area contributed by atoms with E-state index in [2.05, 4.69) is 31.3 Å². The highest BCUT2D eigenvalue weighted by Gasteiger charge is 2.14. The maximum Gasteiger partial charge on any atom is 0.271 e. The van der Waals surface area contributed by atoms with Gasteiger partial charge in [-0.2, -0.15) is 5.10 Å².